The zero-order valence-corrected chi connectivity index (χ0v) is 13.8. The van der Waals surface area contributed by atoms with E-state index in [9.17, 15) is 4.79 Å². The number of nitrogens with one attached hydrogen (secondary N) is 2. The van der Waals surface area contributed by atoms with Crippen molar-refractivity contribution in [2.45, 2.75) is 19.0 Å². The molecule has 2 aromatic rings. The fraction of sp³-hybridized carbons (Fsp3) is 0.467. The Bertz CT molecular complexity index is 727. The van der Waals surface area contributed by atoms with Gasteiger partial charge in [-0.25, -0.2) is 0 Å². The Morgan fingerprint density at radius 1 is 1.52 bits per heavy atom. The third-order valence-corrected chi connectivity index (χ3v) is 5.55. The molecule has 8 heteroatoms. The summed E-state index contributed by atoms with van der Waals surface area (Å²) in [5.74, 6) is 0.727. The van der Waals surface area contributed by atoms with Gasteiger partial charge in [0.15, 0.2) is 5.75 Å². The Kier molecular flexibility index (Phi) is 3.50. The largest absolute Gasteiger partial charge is 0.488 e. The molecule has 2 N–H and O–H groups in total. The van der Waals surface area contributed by atoms with Crippen LogP contribution >= 0.6 is 11.3 Å². The van der Waals surface area contributed by atoms with Crippen molar-refractivity contribution in [3.8, 4) is 16.2 Å². The van der Waals surface area contributed by atoms with Crippen molar-refractivity contribution in [3.05, 3.63) is 17.3 Å². The first-order valence-electron chi connectivity index (χ1n) is 7.56. The van der Waals surface area contributed by atoms with Crippen molar-refractivity contribution in [2.75, 3.05) is 31.8 Å². The number of hydrogen-bond donors (Lipinski definition) is 2. The van der Waals surface area contributed by atoms with Crippen LogP contribution in [0.3, 0.4) is 0 Å². The number of carbonyl (C=O) groups excluding carboxylic acids is 1. The molecule has 1 amide bonds. The first-order chi connectivity index (χ1) is 11.2. The lowest BCUT2D eigenvalue weighted by atomic mass is 10.1. The molecule has 0 saturated heterocycles. The van der Waals surface area contributed by atoms with Gasteiger partial charge in [-0.05, 0) is 6.92 Å². The highest BCUT2D eigenvalue weighted by molar-refractivity contribution is 7.18. The molecule has 2 aromatic heterocycles. The summed E-state index contributed by atoms with van der Waals surface area (Å²) in [6.07, 6.45) is 3.56. The number of aromatic nitrogens is 2. The molecule has 4 rings (SSSR count). The Morgan fingerprint density at radius 3 is 3.13 bits per heavy atom. The smallest absolute Gasteiger partial charge is 0.263 e. The number of ether oxygens (including phenoxy) is 2. The van der Waals surface area contributed by atoms with E-state index in [1.165, 1.54) is 11.3 Å². The number of aromatic amines is 1. The fourth-order valence-electron chi connectivity index (χ4n) is 3.25. The summed E-state index contributed by atoms with van der Waals surface area (Å²) in [7, 11) is 1.69. The van der Waals surface area contributed by atoms with Crippen LogP contribution in [0.1, 0.15) is 16.6 Å². The number of nitrogens with zero attached hydrogens (tertiary/aromatic N) is 2. The van der Waals surface area contributed by atoms with Crippen LogP contribution in [0.25, 0.3) is 10.4 Å². The van der Waals surface area contributed by atoms with Crippen LogP contribution in [0.15, 0.2) is 12.4 Å². The lowest BCUT2D eigenvalue weighted by Gasteiger charge is -2.37. The minimum atomic E-state index is -0.0532. The molecule has 0 fully saturated rings. The lowest BCUT2D eigenvalue weighted by molar-refractivity contribution is 0.0931. The van der Waals surface area contributed by atoms with Crippen LogP contribution in [0.2, 0.25) is 0 Å². The highest BCUT2D eigenvalue weighted by Gasteiger charge is 2.40. The topological polar surface area (TPSA) is 79.5 Å². The maximum Gasteiger partial charge on any atom is 0.263 e. The normalized spacial score (nSPS) is 23.0. The van der Waals surface area contributed by atoms with E-state index in [4.69, 9.17) is 9.47 Å². The van der Waals surface area contributed by atoms with Crippen LogP contribution in [-0.2, 0) is 4.74 Å². The molecule has 122 valence electrons. The molecular formula is C15H18N4O3S. The van der Waals surface area contributed by atoms with Crippen LogP contribution in [0.4, 0.5) is 5.69 Å². The summed E-state index contributed by atoms with van der Waals surface area (Å²) in [5.41, 5.74) is 1.82. The number of carbonyl (C=O) groups is 1. The Hall–Kier alpha value is -2.06. The van der Waals surface area contributed by atoms with E-state index < -0.39 is 0 Å². The zero-order chi connectivity index (χ0) is 16.0. The summed E-state index contributed by atoms with van der Waals surface area (Å²) in [4.78, 5) is 16.5. The van der Waals surface area contributed by atoms with Gasteiger partial charge in [-0.2, -0.15) is 5.10 Å². The summed E-state index contributed by atoms with van der Waals surface area (Å²) in [6, 6.07) is 0.0880. The molecule has 2 aliphatic rings. The number of rotatable bonds is 3. The summed E-state index contributed by atoms with van der Waals surface area (Å²) in [6.45, 7) is 3.91. The van der Waals surface area contributed by atoms with Gasteiger partial charge in [-0.1, -0.05) is 0 Å². The van der Waals surface area contributed by atoms with E-state index in [0.29, 0.717) is 18.1 Å². The van der Waals surface area contributed by atoms with Crippen molar-refractivity contribution in [1.29, 1.82) is 0 Å². The first kappa shape index (κ1) is 14.5. The van der Waals surface area contributed by atoms with Crippen LogP contribution in [-0.4, -0.2) is 55.1 Å². The highest BCUT2D eigenvalue weighted by atomic mass is 32.1. The van der Waals surface area contributed by atoms with E-state index in [1.807, 2.05) is 13.1 Å². The van der Waals surface area contributed by atoms with Gasteiger partial charge < -0.3 is 19.7 Å². The molecule has 2 aliphatic heterocycles. The first-order valence-corrected chi connectivity index (χ1v) is 8.37. The summed E-state index contributed by atoms with van der Waals surface area (Å²) >= 11 is 1.45. The lowest BCUT2D eigenvalue weighted by Crippen LogP contribution is -2.52. The standard InChI is InChI=1S/C15H18N4O3S/c1-8-10(7-21-2)19-3-4-22-12-11(19)14(15(20)18-8)23-13(12)9-5-16-17-6-9/h5-6,8,10H,3-4,7H2,1-2H3,(H,16,17)(H,18,20)/t8-,10+/m1/s1. The van der Waals surface area contributed by atoms with Gasteiger partial charge >= 0.3 is 0 Å². The molecule has 23 heavy (non-hydrogen) atoms. The van der Waals surface area contributed by atoms with E-state index >= 15 is 0 Å². The SMILES string of the molecule is COC[C@H]1[C@@H](C)NC(=O)c2sc(-c3cn[nH]c3)c3c2N1CCO3. The molecule has 0 radical (unpaired) electrons. The second kappa shape index (κ2) is 5.54. The van der Waals surface area contributed by atoms with Crippen molar-refractivity contribution in [1.82, 2.24) is 15.5 Å². The van der Waals surface area contributed by atoms with Crippen molar-refractivity contribution < 1.29 is 14.3 Å². The number of H-pyrrole nitrogens is 1. The molecule has 4 heterocycles. The predicted molar refractivity (Wildman–Crippen MR) is 87.3 cm³/mol. The van der Waals surface area contributed by atoms with Crippen molar-refractivity contribution in [3.63, 3.8) is 0 Å². The minimum Gasteiger partial charge on any atom is -0.488 e. The van der Waals surface area contributed by atoms with Gasteiger partial charge in [0.1, 0.15) is 17.2 Å². The van der Waals surface area contributed by atoms with Crippen molar-refractivity contribution >= 4 is 22.9 Å². The molecule has 0 saturated carbocycles. The molecule has 0 unspecified atom stereocenters. The van der Waals surface area contributed by atoms with E-state index in [-0.39, 0.29) is 18.0 Å². The second-order valence-corrected chi connectivity index (χ2v) is 6.77. The molecule has 0 aromatic carbocycles. The Morgan fingerprint density at radius 2 is 2.39 bits per heavy atom. The van der Waals surface area contributed by atoms with Gasteiger partial charge in [0.05, 0.1) is 30.3 Å². The Labute approximate surface area is 137 Å². The molecular weight excluding hydrogens is 316 g/mol. The Balaban J connectivity index is 1.88. The van der Waals surface area contributed by atoms with E-state index in [0.717, 1.165) is 28.4 Å². The molecule has 0 aliphatic carbocycles. The summed E-state index contributed by atoms with van der Waals surface area (Å²) < 4.78 is 11.3. The van der Waals surface area contributed by atoms with Gasteiger partial charge in [0.2, 0.25) is 0 Å². The third kappa shape index (κ3) is 2.21. The number of hydrogen-bond acceptors (Lipinski definition) is 6. The zero-order valence-electron chi connectivity index (χ0n) is 13.0. The number of amides is 1. The second-order valence-electron chi connectivity index (χ2n) is 5.75. The van der Waals surface area contributed by atoms with Gasteiger partial charge in [-0.3, -0.25) is 9.89 Å². The maximum atomic E-state index is 12.6. The minimum absolute atomic E-state index is 0.00498. The van der Waals surface area contributed by atoms with E-state index in [2.05, 4.69) is 20.4 Å². The average Bonchev–Trinajstić information content (AvgIpc) is 3.17. The predicted octanol–water partition coefficient (Wildman–Crippen LogP) is 1.48. The van der Waals surface area contributed by atoms with Crippen LogP contribution in [0, 0.1) is 0 Å². The quantitative estimate of drug-likeness (QED) is 0.889. The molecule has 0 spiro atoms. The number of thiophene rings is 1. The highest BCUT2D eigenvalue weighted by Crippen LogP contribution is 2.50. The third-order valence-electron chi connectivity index (χ3n) is 4.35. The number of anilines is 1. The van der Waals surface area contributed by atoms with Crippen LogP contribution < -0.4 is 15.0 Å². The molecule has 0 bridgehead atoms. The molecule has 2 atom stereocenters. The maximum absolute atomic E-state index is 12.6. The van der Waals surface area contributed by atoms with Crippen molar-refractivity contribution in [2.24, 2.45) is 0 Å². The number of methoxy groups -OCH3 is 1. The van der Waals surface area contributed by atoms with Gasteiger partial charge in [-0.15, -0.1) is 11.3 Å². The van der Waals surface area contributed by atoms with Gasteiger partial charge in [0.25, 0.3) is 5.91 Å². The van der Waals surface area contributed by atoms with E-state index in [1.54, 1.807) is 13.3 Å². The molecule has 7 nitrogen and oxygen atoms in total. The fourth-order valence-corrected chi connectivity index (χ4v) is 4.39. The van der Waals surface area contributed by atoms with Gasteiger partial charge in [0, 0.05) is 24.9 Å². The average molecular weight is 334 g/mol. The monoisotopic (exact) mass is 334 g/mol. The summed E-state index contributed by atoms with van der Waals surface area (Å²) in [5, 5.41) is 9.90. The van der Waals surface area contributed by atoms with Crippen LogP contribution in [0.5, 0.6) is 5.75 Å².